The summed E-state index contributed by atoms with van der Waals surface area (Å²) < 4.78 is 6.45. The lowest BCUT2D eigenvalue weighted by molar-refractivity contribution is -0.199. The molecule has 0 radical (unpaired) electrons. The summed E-state index contributed by atoms with van der Waals surface area (Å²) >= 11 is 6.27. The molecule has 2 aliphatic carbocycles. The Morgan fingerprint density at radius 2 is 1.82 bits per heavy atom. The van der Waals surface area contributed by atoms with E-state index in [1.54, 1.807) is 18.2 Å². The zero-order valence-electron chi connectivity index (χ0n) is 26.3. The smallest absolute Gasteiger partial charge is 0.256 e. The van der Waals surface area contributed by atoms with Crippen LogP contribution < -0.4 is 10.1 Å². The van der Waals surface area contributed by atoms with E-state index in [-0.39, 0.29) is 28.9 Å². The van der Waals surface area contributed by atoms with Crippen LogP contribution in [0.1, 0.15) is 87.1 Å². The van der Waals surface area contributed by atoms with Crippen LogP contribution >= 0.6 is 11.6 Å². The number of halogens is 1. The first-order valence-corrected chi connectivity index (χ1v) is 16.5. The third kappa shape index (κ3) is 4.89. The van der Waals surface area contributed by atoms with Crippen LogP contribution in [0, 0.1) is 45.3 Å². The molecule has 1 N–H and O–H groups in total. The lowest BCUT2D eigenvalue weighted by Crippen LogP contribution is -2.74. The molecule has 4 heterocycles. The molecule has 2 saturated carbocycles. The molecular weight excluding hydrogens is 570 g/mol. The zero-order chi connectivity index (χ0) is 30.9. The van der Waals surface area contributed by atoms with Gasteiger partial charge in [0.1, 0.15) is 23.6 Å². The number of likely N-dealkylation sites (tertiary alicyclic amines) is 1. The minimum Gasteiger partial charge on any atom is -0.489 e. The van der Waals surface area contributed by atoms with Gasteiger partial charge in [-0.2, -0.15) is 5.26 Å². The maximum Gasteiger partial charge on any atom is 0.256 e. The number of carbonyl (C=O) groups excluding carboxylic acids is 1. The number of nitrogens with one attached hydrogen (secondary N) is 1. The topological polar surface area (TPSA) is 81.5 Å². The molecule has 5 aliphatic rings. The van der Waals surface area contributed by atoms with Gasteiger partial charge in [0.2, 0.25) is 0 Å². The van der Waals surface area contributed by atoms with E-state index < -0.39 is 0 Å². The van der Waals surface area contributed by atoms with Crippen molar-refractivity contribution in [2.45, 2.75) is 84.5 Å². The van der Waals surface area contributed by atoms with Gasteiger partial charge >= 0.3 is 0 Å². The first kappa shape index (κ1) is 29.6. The summed E-state index contributed by atoms with van der Waals surface area (Å²) in [5.41, 5.74) is 2.61. The molecule has 44 heavy (non-hydrogen) atoms. The fraction of sp³-hybridized carbons (Fsp3) is 0.583. The minimum atomic E-state index is -0.312. The average molecular weight is 612 g/mol. The zero-order valence-corrected chi connectivity index (χ0v) is 27.0. The van der Waals surface area contributed by atoms with Crippen molar-refractivity contribution in [3.63, 3.8) is 0 Å². The molecule has 230 valence electrons. The van der Waals surface area contributed by atoms with Gasteiger partial charge in [-0.1, -0.05) is 45.2 Å². The highest BCUT2D eigenvalue weighted by molar-refractivity contribution is 6.31. The van der Waals surface area contributed by atoms with Crippen LogP contribution in [0.4, 0.5) is 0 Å². The largest absolute Gasteiger partial charge is 0.489 e. The second-order valence-corrected chi connectivity index (χ2v) is 15.4. The Kier molecular flexibility index (Phi) is 7.24. The van der Waals surface area contributed by atoms with Crippen LogP contribution in [0.5, 0.6) is 5.75 Å². The minimum absolute atomic E-state index is 0.0257. The quantitative estimate of drug-likeness (QED) is 0.450. The van der Waals surface area contributed by atoms with Crippen molar-refractivity contribution in [2.75, 3.05) is 26.2 Å². The van der Waals surface area contributed by atoms with Crippen molar-refractivity contribution in [2.24, 2.45) is 22.2 Å². The highest BCUT2D eigenvalue weighted by Crippen LogP contribution is 2.59. The van der Waals surface area contributed by atoms with Gasteiger partial charge in [0, 0.05) is 59.9 Å². The number of nitriles is 1. The van der Waals surface area contributed by atoms with Crippen LogP contribution in [0.25, 0.3) is 0 Å². The van der Waals surface area contributed by atoms with E-state index in [0.29, 0.717) is 39.8 Å². The van der Waals surface area contributed by atoms with Crippen molar-refractivity contribution < 1.29 is 9.53 Å². The Balaban J connectivity index is 0.988. The molecule has 0 atom stereocenters. The van der Waals surface area contributed by atoms with Crippen LogP contribution in [0.15, 0.2) is 30.3 Å². The summed E-state index contributed by atoms with van der Waals surface area (Å²) in [6, 6.07) is 11.8. The van der Waals surface area contributed by atoms with Crippen molar-refractivity contribution in [3.05, 3.63) is 57.9 Å². The number of carbonyl (C=O) groups is 1. The number of hydrogen-bond donors (Lipinski definition) is 1. The molecule has 1 spiro atoms. The summed E-state index contributed by atoms with van der Waals surface area (Å²) in [7, 11) is 0. The number of amides is 1. The maximum atomic E-state index is 13.7. The Labute approximate surface area is 266 Å². The van der Waals surface area contributed by atoms with Gasteiger partial charge in [0.25, 0.3) is 5.91 Å². The number of hydrogen-bond acceptors (Lipinski definition) is 6. The van der Waals surface area contributed by atoms with Gasteiger partial charge in [-0.25, -0.2) is 4.98 Å². The second kappa shape index (κ2) is 10.8. The summed E-state index contributed by atoms with van der Waals surface area (Å²) in [5.74, 6) is 7.96. The van der Waals surface area contributed by atoms with E-state index in [9.17, 15) is 10.1 Å². The Hall–Kier alpha value is -3.10. The van der Waals surface area contributed by atoms with Gasteiger partial charge < -0.3 is 15.0 Å². The van der Waals surface area contributed by atoms with Gasteiger partial charge in [0.15, 0.2) is 0 Å². The highest BCUT2D eigenvalue weighted by atomic mass is 35.5. The Morgan fingerprint density at radius 3 is 2.45 bits per heavy atom. The Morgan fingerprint density at radius 1 is 1.07 bits per heavy atom. The second-order valence-electron chi connectivity index (χ2n) is 15.0. The maximum absolute atomic E-state index is 13.7. The highest BCUT2D eigenvalue weighted by Gasteiger charge is 2.67. The van der Waals surface area contributed by atoms with Crippen molar-refractivity contribution in [1.82, 2.24) is 20.1 Å². The van der Waals surface area contributed by atoms with Gasteiger partial charge in [0.05, 0.1) is 28.4 Å². The number of nitrogens with zero attached hydrogens (tertiary/aromatic N) is 4. The molecule has 1 amide bonds. The SMILES string of the molecule is CC1(C)[C@H](Oc2ccc(C#N)c(Cl)c2)C(C)(C)[C@H]1N1Cc2nc(C#CC3CCC(N4CCC5(CNC5)C4)CC3)ccc2C1=O. The molecule has 0 bridgehead atoms. The third-order valence-electron chi connectivity index (χ3n) is 11.3. The fourth-order valence-corrected chi connectivity index (χ4v) is 9.52. The summed E-state index contributed by atoms with van der Waals surface area (Å²) in [4.78, 5) is 23.3. The van der Waals surface area contributed by atoms with Gasteiger partial charge in [-0.05, 0) is 68.8 Å². The summed E-state index contributed by atoms with van der Waals surface area (Å²) in [6.07, 6.45) is 5.98. The van der Waals surface area contributed by atoms with E-state index in [1.807, 2.05) is 17.0 Å². The van der Waals surface area contributed by atoms with Crippen LogP contribution in [-0.4, -0.2) is 65.1 Å². The molecule has 2 aromatic rings. The third-order valence-corrected chi connectivity index (χ3v) is 11.6. The monoisotopic (exact) mass is 611 g/mol. The number of pyridine rings is 1. The van der Waals surface area contributed by atoms with E-state index in [0.717, 1.165) is 30.3 Å². The summed E-state index contributed by atoms with van der Waals surface area (Å²) in [5, 5.41) is 13.1. The fourth-order valence-electron chi connectivity index (χ4n) is 9.30. The number of benzene rings is 1. The molecule has 1 aromatic carbocycles. The number of aromatic nitrogens is 1. The number of fused-ring (bicyclic) bond motifs is 1. The van der Waals surface area contributed by atoms with Crippen LogP contribution in [-0.2, 0) is 6.54 Å². The van der Waals surface area contributed by atoms with Gasteiger partial charge in [-0.3, -0.25) is 9.69 Å². The predicted molar refractivity (Wildman–Crippen MR) is 170 cm³/mol. The lowest BCUT2D eigenvalue weighted by Gasteiger charge is -2.65. The molecule has 4 fully saturated rings. The first-order valence-electron chi connectivity index (χ1n) is 16.1. The normalized spacial score (nSPS) is 29.6. The molecule has 7 nitrogen and oxygen atoms in total. The van der Waals surface area contributed by atoms with Crippen molar-refractivity contribution in [3.8, 4) is 23.7 Å². The van der Waals surface area contributed by atoms with Gasteiger partial charge in [-0.15, -0.1) is 0 Å². The summed E-state index contributed by atoms with van der Waals surface area (Å²) in [6.45, 7) is 14.0. The van der Waals surface area contributed by atoms with Crippen LogP contribution in [0.3, 0.4) is 0 Å². The molecule has 3 aliphatic heterocycles. The van der Waals surface area contributed by atoms with Crippen molar-refractivity contribution in [1.29, 1.82) is 5.26 Å². The van der Waals surface area contributed by atoms with E-state index >= 15 is 0 Å². The van der Waals surface area contributed by atoms with E-state index in [2.05, 4.69) is 55.8 Å². The first-order chi connectivity index (χ1) is 21.0. The Bertz CT molecular complexity index is 1570. The average Bonchev–Trinajstić information content (AvgIpc) is 3.57. The van der Waals surface area contributed by atoms with Crippen LogP contribution in [0.2, 0.25) is 5.02 Å². The number of ether oxygens (including phenoxy) is 1. The molecule has 0 unspecified atom stereocenters. The predicted octanol–water partition coefficient (Wildman–Crippen LogP) is 5.65. The van der Waals surface area contributed by atoms with E-state index in [1.165, 1.54) is 45.4 Å². The standard InChI is InChI=1S/C36H42ClN5O2/c1-34(2)32(35(3,4)33(34)44-27-13-8-24(18-38)29(37)17-27)42-19-30-28(31(42)43)14-10-25(40-30)9-5-23-6-11-26(12-7-23)41-16-15-36(22-41)20-39-21-36/h8,10,13-14,17,23,26,32-33,39H,6-7,11-12,15-16,19-22H2,1-4H3/t23?,26?,32-,33-. The molecule has 8 heteroatoms. The van der Waals surface area contributed by atoms with E-state index in [4.69, 9.17) is 21.3 Å². The lowest BCUT2D eigenvalue weighted by atomic mass is 9.49. The molecule has 7 rings (SSSR count). The molecular formula is C36H42ClN5O2. The number of rotatable bonds is 4. The molecule has 1 aromatic heterocycles. The molecule has 2 saturated heterocycles. The van der Waals surface area contributed by atoms with Crippen molar-refractivity contribution >= 4 is 17.5 Å².